The normalized spacial score (nSPS) is 26.0. The number of piperidine rings is 2. The van der Waals surface area contributed by atoms with Crippen molar-refractivity contribution in [2.75, 3.05) is 32.7 Å². The van der Waals surface area contributed by atoms with Crippen molar-refractivity contribution in [3.05, 3.63) is 35.6 Å². The highest BCUT2D eigenvalue weighted by Crippen LogP contribution is 2.40. The van der Waals surface area contributed by atoms with Gasteiger partial charge in [0.25, 0.3) is 0 Å². The molecule has 0 N–H and O–H groups in total. The first-order chi connectivity index (χ1) is 13.5. The van der Waals surface area contributed by atoms with Crippen LogP contribution in [0.15, 0.2) is 24.3 Å². The third-order valence-electron chi connectivity index (χ3n) is 6.71. The number of halogens is 1. The topological polar surface area (TPSA) is 40.6 Å². The van der Waals surface area contributed by atoms with Crippen LogP contribution in [0.5, 0.6) is 0 Å². The summed E-state index contributed by atoms with van der Waals surface area (Å²) in [7, 11) is 0. The summed E-state index contributed by atoms with van der Waals surface area (Å²) in [6.07, 6.45) is 8.00. The zero-order valence-corrected chi connectivity index (χ0v) is 16.7. The summed E-state index contributed by atoms with van der Waals surface area (Å²) in [5.74, 6) is 0.873. The van der Waals surface area contributed by atoms with E-state index in [4.69, 9.17) is 0 Å². The smallest absolute Gasteiger partial charge is 0.222 e. The minimum atomic E-state index is -0.308. The molecule has 3 aliphatic rings. The van der Waals surface area contributed by atoms with Crippen LogP contribution in [-0.2, 0) is 4.79 Å². The number of amides is 1. The predicted octanol–water partition coefficient (Wildman–Crippen LogP) is 3.90. The van der Waals surface area contributed by atoms with Gasteiger partial charge in [-0.3, -0.25) is 9.59 Å². The molecule has 2 heterocycles. The fraction of sp³-hybridized carbons (Fsp3) is 0.652. The molecule has 28 heavy (non-hydrogen) atoms. The van der Waals surface area contributed by atoms with E-state index < -0.39 is 0 Å². The van der Waals surface area contributed by atoms with E-state index in [1.54, 1.807) is 12.1 Å². The number of benzene rings is 1. The SMILES string of the molecule is O=C(CCCN1CCC[C@@]2(CCC(=O)N(CC3CC3)C2)C1)c1ccc(F)cc1. The first kappa shape index (κ1) is 19.6. The molecule has 4 rings (SSSR count). The van der Waals surface area contributed by atoms with Crippen molar-refractivity contribution in [2.24, 2.45) is 11.3 Å². The van der Waals surface area contributed by atoms with Gasteiger partial charge >= 0.3 is 0 Å². The van der Waals surface area contributed by atoms with Gasteiger partial charge in [0.2, 0.25) is 5.91 Å². The van der Waals surface area contributed by atoms with Crippen molar-refractivity contribution in [3.63, 3.8) is 0 Å². The Morgan fingerprint density at radius 2 is 1.93 bits per heavy atom. The summed E-state index contributed by atoms with van der Waals surface area (Å²) in [4.78, 5) is 29.2. The van der Waals surface area contributed by atoms with Gasteiger partial charge in [0, 0.05) is 43.5 Å². The van der Waals surface area contributed by atoms with Crippen molar-refractivity contribution in [1.82, 2.24) is 9.80 Å². The third kappa shape index (κ3) is 4.80. The van der Waals surface area contributed by atoms with Gasteiger partial charge < -0.3 is 9.80 Å². The Bertz CT molecular complexity index is 716. The first-order valence-corrected chi connectivity index (χ1v) is 10.8. The molecule has 0 aromatic heterocycles. The lowest BCUT2D eigenvalue weighted by atomic mass is 9.73. The summed E-state index contributed by atoms with van der Waals surface area (Å²) in [5.41, 5.74) is 0.847. The van der Waals surface area contributed by atoms with Crippen molar-refractivity contribution in [1.29, 1.82) is 0 Å². The maximum Gasteiger partial charge on any atom is 0.222 e. The van der Waals surface area contributed by atoms with Crippen LogP contribution in [0, 0.1) is 17.2 Å². The molecule has 152 valence electrons. The Balaban J connectivity index is 1.27. The average Bonchev–Trinajstić information content (AvgIpc) is 3.50. The van der Waals surface area contributed by atoms with Crippen LogP contribution in [0.4, 0.5) is 4.39 Å². The lowest BCUT2D eigenvalue weighted by molar-refractivity contribution is -0.139. The number of carbonyl (C=O) groups is 2. The highest BCUT2D eigenvalue weighted by Gasteiger charge is 2.42. The fourth-order valence-corrected chi connectivity index (χ4v) is 4.96. The van der Waals surface area contributed by atoms with E-state index in [2.05, 4.69) is 9.80 Å². The highest BCUT2D eigenvalue weighted by atomic mass is 19.1. The minimum Gasteiger partial charge on any atom is -0.342 e. The predicted molar refractivity (Wildman–Crippen MR) is 107 cm³/mol. The molecule has 1 aromatic rings. The summed E-state index contributed by atoms with van der Waals surface area (Å²) >= 11 is 0. The van der Waals surface area contributed by atoms with Crippen LogP contribution in [0.25, 0.3) is 0 Å². The van der Waals surface area contributed by atoms with Gasteiger partial charge in [-0.25, -0.2) is 4.39 Å². The van der Waals surface area contributed by atoms with Crippen molar-refractivity contribution in [3.8, 4) is 0 Å². The average molecular weight is 387 g/mol. The Morgan fingerprint density at radius 3 is 2.68 bits per heavy atom. The van der Waals surface area contributed by atoms with E-state index in [9.17, 15) is 14.0 Å². The molecule has 2 saturated heterocycles. The molecule has 1 aliphatic carbocycles. The van der Waals surface area contributed by atoms with E-state index in [1.165, 1.54) is 37.8 Å². The number of Topliss-reactive ketones (excluding diaryl/α,β-unsaturated/α-hetero) is 1. The van der Waals surface area contributed by atoms with Crippen LogP contribution in [0.2, 0.25) is 0 Å². The van der Waals surface area contributed by atoms with Gasteiger partial charge in [-0.15, -0.1) is 0 Å². The van der Waals surface area contributed by atoms with Crippen molar-refractivity contribution in [2.45, 2.75) is 51.4 Å². The van der Waals surface area contributed by atoms with E-state index >= 15 is 0 Å². The summed E-state index contributed by atoms with van der Waals surface area (Å²) in [6, 6.07) is 5.83. The van der Waals surface area contributed by atoms with Crippen LogP contribution < -0.4 is 0 Å². The van der Waals surface area contributed by atoms with E-state index in [-0.39, 0.29) is 17.0 Å². The molecule has 0 unspecified atom stereocenters. The van der Waals surface area contributed by atoms with Crippen LogP contribution in [-0.4, -0.2) is 54.2 Å². The monoisotopic (exact) mass is 386 g/mol. The van der Waals surface area contributed by atoms with Crippen LogP contribution in [0.1, 0.15) is 61.7 Å². The molecular formula is C23H31FN2O2. The zero-order chi connectivity index (χ0) is 19.6. The number of rotatable bonds is 7. The molecule has 2 aliphatic heterocycles. The molecule has 3 fully saturated rings. The molecule has 1 saturated carbocycles. The summed E-state index contributed by atoms with van der Waals surface area (Å²) in [5, 5.41) is 0. The second kappa shape index (κ2) is 8.32. The van der Waals surface area contributed by atoms with E-state index in [0.29, 0.717) is 24.3 Å². The van der Waals surface area contributed by atoms with E-state index in [1.807, 2.05) is 0 Å². The van der Waals surface area contributed by atoms with Crippen LogP contribution >= 0.6 is 0 Å². The van der Waals surface area contributed by atoms with Crippen molar-refractivity contribution >= 4 is 11.7 Å². The van der Waals surface area contributed by atoms with Crippen molar-refractivity contribution < 1.29 is 14.0 Å². The lowest BCUT2D eigenvalue weighted by Crippen LogP contribution is -2.54. The molecule has 1 spiro atoms. The number of carbonyl (C=O) groups excluding carboxylic acids is 2. The third-order valence-corrected chi connectivity index (χ3v) is 6.71. The maximum atomic E-state index is 13.0. The Hall–Kier alpha value is -1.75. The second-order valence-corrected chi connectivity index (χ2v) is 9.13. The number of nitrogens with zero attached hydrogens (tertiary/aromatic N) is 2. The largest absolute Gasteiger partial charge is 0.342 e. The molecule has 1 atom stereocenters. The molecule has 0 radical (unpaired) electrons. The highest BCUT2D eigenvalue weighted by molar-refractivity contribution is 5.95. The molecule has 0 bridgehead atoms. The number of likely N-dealkylation sites (tertiary alicyclic amines) is 2. The van der Waals surface area contributed by atoms with E-state index in [0.717, 1.165) is 51.5 Å². The van der Waals surface area contributed by atoms with Gasteiger partial charge in [-0.1, -0.05) is 0 Å². The fourth-order valence-electron chi connectivity index (χ4n) is 4.96. The molecule has 1 amide bonds. The maximum absolute atomic E-state index is 13.0. The lowest BCUT2D eigenvalue weighted by Gasteiger charge is -2.48. The minimum absolute atomic E-state index is 0.0885. The first-order valence-electron chi connectivity index (χ1n) is 10.8. The zero-order valence-electron chi connectivity index (χ0n) is 16.7. The van der Waals surface area contributed by atoms with Gasteiger partial charge in [0.05, 0.1) is 0 Å². The number of hydrogen-bond donors (Lipinski definition) is 0. The standard InChI is InChI=1S/C23H31FN2O2/c24-20-8-6-19(7-9-20)21(27)3-1-13-25-14-2-11-23(16-25)12-10-22(28)26(17-23)15-18-4-5-18/h6-9,18H,1-5,10-17H2/t23-/m1/s1. The molecule has 1 aromatic carbocycles. The molecule has 4 nitrogen and oxygen atoms in total. The summed E-state index contributed by atoms with van der Waals surface area (Å²) in [6.45, 7) is 4.95. The molecular weight excluding hydrogens is 355 g/mol. The quantitative estimate of drug-likeness (QED) is 0.667. The Kier molecular flexibility index (Phi) is 5.81. The Morgan fingerprint density at radius 1 is 1.14 bits per heavy atom. The summed E-state index contributed by atoms with van der Waals surface area (Å²) < 4.78 is 13.0. The number of ketones is 1. The van der Waals surface area contributed by atoms with Crippen LogP contribution in [0.3, 0.4) is 0 Å². The van der Waals surface area contributed by atoms with Gasteiger partial charge in [0.1, 0.15) is 5.82 Å². The number of hydrogen-bond acceptors (Lipinski definition) is 3. The Labute approximate surface area is 167 Å². The van der Waals surface area contributed by atoms with Gasteiger partial charge in [0.15, 0.2) is 5.78 Å². The van der Waals surface area contributed by atoms with Gasteiger partial charge in [-0.2, -0.15) is 0 Å². The molecule has 5 heteroatoms. The van der Waals surface area contributed by atoms with Gasteiger partial charge in [-0.05, 0) is 81.8 Å². The second-order valence-electron chi connectivity index (χ2n) is 9.13.